The summed E-state index contributed by atoms with van der Waals surface area (Å²) in [6.07, 6.45) is 6.63. The molecule has 0 saturated heterocycles. The van der Waals surface area contributed by atoms with E-state index in [-0.39, 0.29) is 0 Å². The number of hydrogen-bond donors (Lipinski definition) is 0. The summed E-state index contributed by atoms with van der Waals surface area (Å²) in [5.74, 6) is 1.53. The van der Waals surface area contributed by atoms with E-state index in [2.05, 4.69) is 9.97 Å². The predicted molar refractivity (Wildman–Crippen MR) is 81.7 cm³/mol. The molecule has 1 aliphatic carbocycles. The lowest BCUT2D eigenvalue weighted by Gasteiger charge is -2.22. The molecule has 0 spiro atoms. The van der Waals surface area contributed by atoms with Gasteiger partial charge in [-0.15, -0.1) is 0 Å². The molecule has 0 bridgehead atoms. The van der Waals surface area contributed by atoms with Gasteiger partial charge in [0.1, 0.15) is 11.9 Å². The van der Waals surface area contributed by atoms with Crippen LogP contribution in [0.15, 0.2) is 6.07 Å². The van der Waals surface area contributed by atoms with Gasteiger partial charge in [0.2, 0.25) is 5.88 Å². The average molecular weight is 266 g/mol. The van der Waals surface area contributed by atoms with Crippen molar-refractivity contribution < 1.29 is 4.74 Å². The van der Waals surface area contributed by atoms with Crippen LogP contribution in [-0.4, -0.2) is 16.1 Å². The highest BCUT2D eigenvalue weighted by atomic mass is 16.5. The second-order valence-electron chi connectivity index (χ2n) is 4.27. The van der Waals surface area contributed by atoms with E-state index in [4.69, 9.17) is 4.74 Å². The smallest absolute Gasteiger partial charge is 0.217 e. The molecule has 0 amide bonds. The minimum atomic E-state index is 0.368. The average Bonchev–Trinajstić information content (AvgIpc) is 2.43. The monoisotopic (exact) mass is 266 g/mol. The van der Waals surface area contributed by atoms with Gasteiger partial charge < -0.3 is 4.74 Å². The SMILES string of the molecule is CC.CC.Cc1cc(OC2CCCCC2)nc(C)n1. The van der Waals surface area contributed by atoms with Gasteiger partial charge >= 0.3 is 0 Å². The number of hydrogen-bond acceptors (Lipinski definition) is 3. The Morgan fingerprint density at radius 3 is 2.05 bits per heavy atom. The van der Waals surface area contributed by atoms with Crippen LogP contribution in [0.3, 0.4) is 0 Å². The molecule has 19 heavy (non-hydrogen) atoms. The molecule has 0 N–H and O–H groups in total. The summed E-state index contributed by atoms with van der Waals surface area (Å²) in [6.45, 7) is 11.9. The molecule has 0 unspecified atom stereocenters. The fourth-order valence-corrected chi connectivity index (χ4v) is 2.10. The van der Waals surface area contributed by atoms with E-state index in [0.717, 1.165) is 17.4 Å². The standard InChI is InChI=1S/C12H18N2O.2C2H6/c1-9-8-12(14-10(2)13-9)15-11-6-4-3-5-7-11;2*1-2/h8,11H,3-7H2,1-2H3;2*1-2H3. The summed E-state index contributed by atoms with van der Waals surface area (Å²) in [6, 6.07) is 1.92. The van der Waals surface area contributed by atoms with Crippen molar-refractivity contribution in [3.8, 4) is 5.88 Å². The Bertz CT molecular complexity index is 313. The van der Waals surface area contributed by atoms with Crippen molar-refractivity contribution in [2.75, 3.05) is 0 Å². The molecule has 3 nitrogen and oxygen atoms in total. The molecule has 1 fully saturated rings. The summed E-state index contributed by atoms with van der Waals surface area (Å²) < 4.78 is 5.87. The summed E-state index contributed by atoms with van der Waals surface area (Å²) in [4.78, 5) is 8.53. The lowest BCUT2D eigenvalue weighted by Crippen LogP contribution is -2.20. The molecular formula is C16H30N2O. The number of ether oxygens (including phenoxy) is 1. The molecule has 1 aromatic heterocycles. The zero-order chi connectivity index (χ0) is 14.7. The van der Waals surface area contributed by atoms with E-state index in [1.165, 1.54) is 32.1 Å². The Morgan fingerprint density at radius 1 is 0.947 bits per heavy atom. The molecule has 0 atom stereocenters. The van der Waals surface area contributed by atoms with Gasteiger partial charge in [-0.25, -0.2) is 4.98 Å². The van der Waals surface area contributed by atoms with Crippen molar-refractivity contribution in [1.82, 2.24) is 9.97 Å². The van der Waals surface area contributed by atoms with Gasteiger partial charge in [0.25, 0.3) is 0 Å². The molecule has 1 saturated carbocycles. The van der Waals surface area contributed by atoms with E-state index in [1.54, 1.807) is 0 Å². The molecule has 3 heteroatoms. The molecule has 0 aliphatic heterocycles. The first-order valence-electron chi connectivity index (χ1n) is 7.73. The third-order valence-electron chi connectivity index (χ3n) is 2.78. The highest BCUT2D eigenvalue weighted by Gasteiger charge is 2.15. The quantitative estimate of drug-likeness (QED) is 0.767. The van der Waals surface area contributed by atoms with E-state index in [0.29, 0.717) is 6.10 Å². The largest absolute Gasteiger partial charge is 0.474 e. The topological polar surface area (TPSA) is 35.0 Å². The molecule has 2 rings (SSSR count). The first kappa shape index (κ1) is 17.9. The van der Waals surface area contributed by atoms with Crippen molar-refractivity contribution in [2.24, 2.45) is 0 Å². The highest BCUT2D eigenvalue weighted by Crippen LogP contribution is 2.22. The van der Waals surface area contributed by atoms with E-state index >= 15 is 0 Å². The summed E-state index contributed by atoms with van der Waals surface area (Å²) >= 11 is 0. The fraction of sp³-hybridized carbons (Fsp3) is 0.750. The van der Waals surface area contributed by atoms with Gasteiger partial charge in [-0.1, -0.05) is 34.1 Å². The maximum absolute atomic E-state index is 5.87. The van der Waals surface area contributed by atoms with Crippen LogP contribution in [0.1, 0.15) is 71.3 Å². The van der Waals surface area contributed by atoms with Gasteiger partial charge in [-0.2, -0.15) is 4.98 Å². The van der Waals surface area contributed by atoms with Crippen molar-refractivity contribution in [2.45, 2.75) is 79.8 Å². The van der Waals surface area contributed by atoms with Gasteiger partial charge in [0, 0.05) is 11.8 Å². The van der Waals surface area contributed by atoms with Gasteiger partial charge in [0.15, 0.2) is 0 Å². The first-order chi connectivity index (χ1) is 9.24. The number of nitrogens with zero attached hydrogens (tertiary/aromatic N) is 2. The Labute approximate surface area is 118 Å². The third kappa shape index (κ3) is 7.14. The predicted octanol–water partition coefficient (Wildman–Crippen LogP) is 4.86. The van der Waals surface area contributed by atoms with Crippen LogP contribution in [0.5, 0.6) is 5.88 Å². The van der Waals surface area contributed by atoms with E-state index < -0.39 is 0 Å². The number of rotatable bonds is 2. The normalized spacial score (nSPS) is 14.6. The maximum atomic E-state index is 5.87. The van der Waals surface area contributed by atoms with E-state index in [9.17, 15) is 0 Å². The second kappa shape index (κ2) is 10.8. The van der Waals surface area contributed by atoms with Crippen LogP contribution < -0.4 is 4.74 Å². The fourth-order valence-electron chi connectivity index (χ4n) is 2.10. The van der Waals surface area contributed by atoms with Crippen LogP contribution >= 0.6 is 0 Å². The van der Waals surface area contributed by atoms with Gasteiger partial charge in [0.05, 0.1) is 0 Å². The van der Waals surface area contributed by atoms with Crippen molar-refractivity contribution in [3.63, 3.8) is 0 Å². The maximum Gasteiger partial charge on any atom is 0.217 e. The van der Waals surface area contributed by atoms with Crippen LogP contribution in [0.25, 0.3) is 0 Å². The minimum Gasteiger partial charge on any atom is -0.474 e. The van der Waals surface area contributed by atoms with Crippen LogP contribution in [0.2, 0.25) is 0 Å². The second-order valence-corrected chi connectivity index (χ2v) is 4.27. The number of aromatic nitrogens is 2. The zero-order valence-corrected chi connectivity index (χ0v) is 13.5. The van der Waals surface area contributed by atoms with Crippen LogP contribution in [-0.2, 0) is 0 Å². The Hall–Kier alpha value is -1.12. The molecule has 110 valence electrons. The summed E-state index contributed by atoms with van der Waals surface area (Å²) in [7, 11) is 0. The zero-order valence-electron chi connectivity index (χ0n) is 13.5. The lowest BCUT2D eigenvalue weighted by molar-refractivity contribution is 0.148. The Kier molecular flexibility index (Phi) is 10.1. The first-order valence-corrected chi connectivity index (χ1v) is 7.73. The molecule has 1 heterocycles. The molecule has 1 aromatic rings. The summed E-state index contributed by atoms with van der Waals surface area (Å²) in [5.41, 5.74) is 0.980. The van der Waals surface area contributed by atoms with Crippen molar-refractivity contribution >= 4 is 0 Å². The molecule has 1 aliphatic rings. The molecule has 0 radical (unpaired) electrons. The highest BCUT2D eigenvalue weighted by molar-refractivity contribution is 5.15. The molecular weight excluding hydrogens is 236 g/mol. The van der Waals surface area contributed by atoms with Crippen LogP contribution in [0, 0.1) is 13.8 Å². The minimum absolute atomic E-state index is 0.368. The number of aryl methyl sites for hydroxylation is 2. The van der Waals surface area contributed by atoms with Gasteiger partial charge in [-0.3, -0.25) is 0 Å². The third-order valence-corrected chi connectivity index (χ3v) is 2.78. The molecule has 0 aromatic carbocycles. The summed E-state index contributed by atoms with van der Waals surface area (Å²) in [5, 5.41) is 0. The van der Waals surface area contributed by atoms with Crippen LogP contribution in [0.4, 0.5) is 0 Å². The van der Waals surface area contributed by atoms with Gasteiger partial charge in [-0.05, 0) is 39.5 Å². The van der Waals surface area contributed by atoms with Crippen molar-refractivity contribution in [1.29, 1.82) is 0 Å². The van der Waals surface area contributed by atoms with Crippen molar-refractivity contribution in [3.05, 3.63) is 17.6 Å². The Morgan fingerprint density at radius 2 is 1.53 bits per heavy atom. The lowest BCUT2D eigenvalue weighted by atomic mass is 9.98. The Balaban J connectivity index is 0.000000741. The van der Waals surface area contributed by atoms with E-state index in [1.807, 2.05) is 47.6 Å².